The molecular weight excluding hydrogens is 252 g/mol. The molecule has 2 rings (SSSR count). The second-order valence-corrected chi connectivity index (χ2v) is 4.47. The highest BCUT2D eigenvalue weighted by atomic mass is 16.2. The van der Waals surface area contributed by atoms with Crippen LogP contribution >= 0.6 is 0 Å². The lowest BCUT2D eigenvalue weighted by Gasteiger charge is -2.19. The van der Waals surface area contributed by atoms with E-state index < -0.39 is 0 Å². The van der Waals surface area contributed by atoms with Gasteiger partial charge in [-0.1, -0.05) is 0 Å². The monoisotopic (exact) mass is 270 g/mol. The van der Waals surface area contributed by atoms with Gasteiger partial charge in [-0.25, -0.2) is 0 Å². The van der Waals surface area contributed by atoms with Gasteiger partial charge in [0.1, 0.15) is 0 Å². The highest BCUT2D eigenvalue weighted by Gasteiger charge is 2.15. The van der Waals surface area contributed by atoms with Crippen LogP contribution in [0.5, 0.6) is 0 Å². The summed E-state index contributed by atoms with van der Waals surface area (Å²) in [6.07, 6.45) is 6.73. The van der Waals surface area contributed by atoms with Crippen molar-refractivity contribution in [2.75, 3.05) is 18.9 Å². The second kappa shape index (κ2) is 6.65. The average molecular weight is 270 g/mol. The van der Waals surface area contributed by atoms with Crippen molar-refractivity contribution in [3.63, 3.8) is 0 Å². The van der Waals surface area contributed by atoms with Gasteiger partial charge in [0.25, 0.3) is 5.91 Å². The smallest absolute Gasteiger partial charge is 0.257 e. The Kier molecular flexibility index (Phi) is 4.65. The van der Waals surface area contributed by atoms with Gasteiger partial charge in [0.2, 0.25) is 0 Å². The Morgan fingerprint density at radius 1 is 1.20 bits per heavy atom. The molecule has 5 nitrogen and oxygen atoms in total. The lowest BCUT2D eigenvalue weighted by atomic mass is 10.2. The summed E-state index contributed by atoms with van der Waals surface area (Å²) in [5.41, 5.74) is 2.45. The van der Waals surface area contributed by atoms with Crippen LogP contribution in [0, 0.1) is 0 Å². The van der Waals surface area contributed by atoms with E-state index in [0.717, 1.165) is 17.8 Å². The van der Waals surface area contributed by atoms with Crippen molar-refractivity contribution < 1.29 is 4.79 Å². The minimum Gasteiger partial charge on any atom is -0.385 e. The van der Waals surface area contributed by atoms with E-state index in [-0.39, 0.29) is 5.91 Å². The number of anilines is 1. The molecule has 0 aromatic carbocycles. The number of rotatable bonds is 5. The number of hydrogen-bond acceptors (Lipinski definition) is 4. The predicted molar refractivity (Wildman–Crippen MR) is 78.4 cm³/mol. The molecule has 1 N–H and O–H groups in total. The Morgan fingerprint density at radius 3 is 2.60 bits per heavy atom. The van der Waals surface area contributed by atoms with E-state index in [0.29, 0.717) is 12.1 Å². The molecule has 0 atom stereocenters. The van der Waals surface area contributed by atoms with Crippen LogP contribution in [0.4, 0.5) is 5.69 Å². The minimum absolute atomic E-state index is 0.0501. The Bertz CT molecular complexity index is 571. The van der Waals surface area contributed by atoms with Crippen molar-refractivity contribution in [2.45, 2.75) is 13.5 Å². The summed E-state index contributed by atoms with van der Waals surface area (Å²) in [4.78, 5) is 22.2. The molecule has 0 fully saturated rings. The zero-order valence-corrected chi connectivity index (χ0v) is 11.7. The molecule has 0 aliphatic carbocycles. The van der Waals surface area contributed by atoms with E-state index in [4.69, 9.17) is 0 Å². The van der Waals surface area contributed by atoms with E-state index in [1.165, 1.54) is 0 Å². The molecule has 20 heavy (non-hydrogen) atoms. The van der Waals surface area contributed by atoms with Crippen molar-refractivity contribution in [1.82, 2.24) is 14.9 Å². The molecule has 0 bridgehead atoms. The van der Waals surface area contributed by atoms with E-state index in [1.54, 1.807) is 36.7 Å². The van der Waals surface area contributed by atoms with E-state index in [2.05, 4.69) is 15.3 Å². The SMILES string of the molecule is CCNc1ccncc1C(=O)N(C)Cc1ccncc1. The summed E-state index contributed by atoms with van der Waals surface area (Å²) in [6.45, 7) is 3.30. The minimum atomic E-state index is -0.0501. The summed E-state index contributed by atoms with van der Waals surface area (Å²) >= 11 is 0. The second-order valence-electron chi connectivity index (χ2n) is 4.47. The summed E-state index contributed by atoms with van der Waals surface area (Å²) < 4.78 is 0. The van der Waals surface area contributed by atoms with Crippen LogP contribution in [-0.2, 0) is 6.54 Å². The first kappa shape index (κ1) is 14.0. The number of carbonyl (C=O) groups excluding carboxylic acids is 1. The van der Waals surface area contributed by atoms with Gasteiger partial charge in [-0.15, -0.1) is 0 Å². The maximum absolute atomic E-state index is 12.5. The van der Waals surface area contributed by atoms with Crippen LogP contribution in [0.15, 0.2) is 43.0 Å². The third-order valence-corrected chi connectivity index (χ3v) is 2.93. The molecule has 2 aromatic heterocycles. The molecule has 104 valence electrons. The normalized spacial score (nSPS) is 10.1. The fraction of sp³-hybridized carbons (Fsp3) is 0.267. The van der Waals surface area contributed by atoms with Gasteiger partial charge in [-0.3, -0.25) is 14.8 Å². The number of hydrogen-bond donors (Lipinski definition) is 1. The van der Waals surface area contributed by atoms with Gasteiger partial charge >= 0.3 is 0 Å². The number of nitrogens with zero attached hydrogens (tertiary/aromatic N) is 3. The summed E-state index contributed by atoms with van der Waals surface area (Å²) in [7, 11) is 1.78. The third-order valence-electron chi connectivity index (χ3n) is 2.93. The van der Waals surface area contributed by atoms with Crippen LogP contribution in [-0.4, -0.2) is 34.4 Å². The van der Waals surface area contributed by atoms with Crippen LogP contribution in [0.25, 0.3) is 0 Å². The first-order valence-electron chi connectivity index (χ1n) is 6.54. The lowest BCUT2D eigenvalue weighted by Crippen LogP contribution is -2.27. The Morgan fingerprint density at radius 2 is 1.90 bits per heavy atom. The zero-order chi connectivity index (χ0) is 14.4. The highest BCUT2D eigenvalue weighted by molar-refractivity contribution is 5.99. The number of aromatic nitrogens is 2. The molecule has 1 amide bonds. The van der Waals surface area contributed by atoms with E-state index >= 15 is 0 Å². The molecule has 5 heteroatoms. The van der Waals surface area contributed by atoms with Gasteiger partial charge in [-0.05, 0) is 30.7 Å². The number of nitrogens with one attached hydrogen (secondary N) is 1. The van der Waals surface area contributed by atoms with Gasteiger partial charge in [0, 0.05) is 44.9 Å². The van der Waals surface area contributed by atoms with Gasteiger partial charge in [-0.2, -0.15) is 0 Å². The zero-order valence-electron chi connectivity index (χ0n) is 11.7. The lowest BCUT2D eigenvalue weighted by molar-refractivity contribution is 0.0785. The molecule has 0 aliphatic heterocycles. The summed E-state index contributed by atoms with van der Waals surface area (Å²) in [5, 5.41) is 3.18. The van der Waals surface area contributed by atoms with Gasteiger partial charge in [0.05, 0.1) is 11.3 Å². The largest absolute Gasteiger partial charge is 0.385 e. The van der Waals surface area contributed by atoms with Crippen LogP contribution in [0.1, 0.15) is 22.8 Å². The van der Waals surface area contributed by atoms with Crippen LogP contribution in [0.2, 0.25) is 0 Å². The molecular formula is C15H18N4O. The molecule has 0 spiro atoms. The number of amides is 1. The van der Waals surface area contributed by atoms with Crippen molar-refractivity contribution in [1.29, 1.82) is 0 Å². The predicted octanol–water partition coefficient (Wildman–Crippen LogP) is 2.18. The van der Waals surface area contributed by atoms with Crippen molar-refractivity contribution >= 4 is 11.6 Å². The third kappa shape index (κ3) is 3.32. The van der Waals surface area contributed by atoms with Crippen LogP contribution < -0.4 is 5.32 Å². The van der Waals surface area contributed by atoms with Gasteiger partial charge < -0.3 is 10.2 Å². The Labute approximate surface area is 118 Å². The maximum atomic E-state index is 12.5. The summed E-state index contributed by atoms with van der Waals surface area (Å²) in [6, 6.07) is 5.62. The van der Waals surface area contributed by atoms with Crippen LogP contribution in [0.3, 0.4) is 0 Å². The molecule has 2 aromatic rings. The topological polar surface area (TPSA) is 58.1 Å². The maximum Gasteiger partial charge on any atom is 0.257 e. The molecule has 0 unspecified atom stereocenters. The number of carbonyl (C=O) groups is 1. The first-order valence-corrected chi connectivity index (χ1v) is 6.54. The van der Waals surface area contributed by atoms with Crippen molar-refractivity contribution in [2.24, 2.45) is 0 Å². The highest BCUT2D eigenvalue weighted by Crippen LogP contribution is 2.16. The fourth-order valence-corrected chi connectivity index (χ4v) is 1.95. The van der Waals surface area contributed by atoms with Crippen molar-refractivity contribution in [3.8, 4) is 0 Å². The average Bonchev–Trinajstić information content (AvgIpc) is 2.48. The van der Waals surface area contributed by atoms with Gasteiger partial charge in [0.15, 0.2) is 0 Å². The molecule has 2 heterocycles. The summed E-state index contributed by atoms with van der Waals surface area (Å²) in [5.74, 6) is -0.0501. The first-order chi connectivity index (χ1) is 9.72. The molecule has 0 saturated heterocycles. The molecule has 0 radical (unpaired) electrons. The Hall–Kier alpha value is -2.43. The standard InChI is InChI=1S/C15H18N4O/c1-3-18-14-6-9-17-10-13(14)15(20)19(2)11-12-4-7-16-8-5-12/h4-10H,3,11H2,1-2H3,(H,17,18). The quantitative estimate of drug-likeness (QED) is 0.904. The van der Waals surface area contributed by atoms with E-state index in [9.17, 15) is 4.79 Å². The van der Waals surface area contributed by atoms with E-state index in [1.807, 2.05) is 25.1 Å². The molecule has 0 aliphatic rings. The number of pyridine rings is 2. The Balaban J connectivity index is 2.14. The molecule has 0 saturated carbocycles. The fourth-order valence-electron chi connectivity index (χ4n) is 1.95. The van der Waals surface area contributed by atoms with Crippen molar-refractivity contribution in [3.05, 3.63) is 54.1 Å².